The van der Waals surface area contributed by atoms with Gasteiger partial charge in [-0.3, -0.25) is 0 Å². The Hall–Kier alpha value is -3.35. The minimum atomic E-state index is -0.879. The topological polar surface area (TPSA) is 87.6 Å². The Labute approximate surface area is 175 Å². The predicted molar refractivity (Wildman–Crippen MR) is 117 cm³/mol. The summed E-state index contributed by atoms with van der Waals surface area (Å²) in [7, 11) is 1.66. The molecule has 0 radical (unpaired) electrons. The number of rotatable bonds is 4. The van der Waals surface area contributed by atoms with Gasteiger partial charge in [0.25, 0.3) is 0 Å². The first-order chi connectivity index (χ1) is 14.5. The normalized spacial score (nSPS) is 16.5. The number of nitrogens with zero attached hydrogens (tertiary/aromatic N) is 3. The van der Waals surface area contributed by atoms with Crippen molar-refractivity contribution in [1.29, 1.82) is 0 Å². The van der Waals surface area contributed by atoms with Crippen LogP contribution < -0.4 is 10.1 Å². The van der Waals surface area contributed by atoms with Crippen molar-refractivity contribution in [2.45, 2.75) is 32.7 Å². The van der Waals surface area contributed by atoms with Crippen LogP contribution in [0.25, 0.3) is 22.0 Å². The van der Waals surface area contributed by atoms with Gasteiger partial charge in [-0.1, -0.05) is 24.3 Å². The molecule has 0 aliphatic carbocycles. The van der Waals surface area contributed by atoms with Gasteiger partial charge < -0.3 is 20.1 Å². The number of piperidine rings is 1. The Morgan fingerprint density at radius 2 is 2.07 bits per heavy atom. The zero-order valence-corrected chi connectivity index (χ0v) is 17.5. The fraction of sp³-hybridized carbons (Fsp3) is 0.348. The second-order valence-electron chi connectivity index (χ2n) is 7.81. The number of benzene rings is 2. The van der Waals surface area contributed by atoms with Crippen LogP contribution in [-0.2, 0) is 0 Å². The lowest BCUT2D eigenvalue weighted by Crippen LogP contribution is -2.44. The highest BCUT2D eigenvalue weighted by molar-refractivity contribution is 6.02. The van der Waals surface area contributed by atoms with Crippen LogP contribution in [0, 0.1) is 13.8 Å². The van der Waals surface area contributed by atoms with E-state index in [4.69, 9.17) is 4.74 Å². The van der Waals surface area contributed by atoms with Gasteiger partial charge in [0, 0.05) is 35.5 Å². The Morgan fingerprint density at radius 1 is 1.23 bits per heavy atom. The lowest BCUT2D eigenvalue weighted by molar-refractivity contribution is 0.133. The van der Waals surface area contributed by atoms with Crippen LogP contribution in [0.2, 0.25) is 0 Å². The number of carboxylic acid groups (broad SMARTS) is 1. The maximum Gasteiger partial charge on any atom is 0.407 e. The van der Waals surface area contributed by atoms with Gasteiger partial charge in [-0.25, -0.2) is 4.79 Å². The molecule has 1 saturated heterocycles. The lowest BCUT2D eigenvalue weighted by atomic mass is 9.99. The van der Waals surface area contributed by atoms with Crippen LogP contribution in [-0.4, -0.2) is 52.5 Å². The van der Waals surface area contributed by atoms with Crippen LogP contribution in [0.5, 0.6) is 5.75 Å². The molecular weight excluding hydrogens is 380 g/mol. The minimum Gasteiger partial charge on any atom is -0.496 e. The van der Waals surface area contributed by atoms with E-state index >= 15 is 0 Å². The van der Waals surface area contributed by atoms with E-state index in [-0.39, 0.29) is 6.04 Å². The Bertz CT molecular complexity index is 1100. The molecule has 0 bridgehead atoms. The number of aromatic nitrogens is 2. The summed E-state index contributed by atoms with van der Waals surface area (Å²) in [4.78, 5) is 12.8. The van der Waals surface area contributed by atoms with Gasteiger partial charge in [0.2, 0.25) is 0 Å². The molecule has 3 aromatic rings. The number of fused-ring (bicyclic) bond motifs is 1. The number of likely N-dealkylation sites (tertiary alicyclic amines) is 1. The van der Waals surface area contributed by atoms with Crippen molar-refractivity contribution >= 4 is 22.7 Å². The summed E-state index contributed by atoms with van der Waals surface area (Å²) in [5, 5.41) is 23.8. The molecule has 2 aromatic carbocycles. The lowest BCUT2D eigenvalue weighted by Gasteiger charge is -2.31. The SMILES string of the molecule is COc1cc(C)ccc1-c1nnc(NC2CCCN(C(=O)O)C2)c2c(C)cccc12. The highest BCUT2D eigenvalue weighted by atomic mass is 16.5. The summed E-state index contributed by atoms with van der Waals surface area (Å²) in [5.41, 5.74) is 3.87. The van der Waals surface area contributed by atoms with Gasteiger partial charge in [-0.15, -0.1) is 10.2 Å². The molecule has 4 rings (SSSR count). The quantitative estimate of drug-likeness (QED) is 0.664. The first-order valence-electron chi connectivity index (χ1n) is 10.1. The number of ether oxygens (including phenoxy) is 1. The van der Waals surface area contributed by atoms with E-state index in [2.05, 4.69) is 28.5 Å². The van der Waals surface area contributed by atoms with Crippen molar-refractivity contribution in [3.8, 4) is 17.0 Å². The zero-order valence-electron chi connectivity index (χ0n) is 17.5. The molecule has 1 amide bonds. The Balaban J connectivity index is 1.77. The van der Waals surface area contributed by atoms with Crippen molar-refractivity contribution in [1.82, 2.24) is 15.1 Å². The highest BCUT2D eigenvalue weighted by Gasteiger charge is 2.25. The third-order valence-electron chi connectivity index (χ3n) is 5.66. The summed E-state index contributed by atoms with van der Waals surface area (Å²) in [5.74, 6) is 1.45. The summed E-state index contributed by atoms with van der Waals surface area (Å²) in [6.07, 6.45) is 0.842. The number of carbonyl (C=O) groups is 1. The number of amides is 1. The third kappa shape index (κ3) is 3.75. The third-order valence-corrected chi connectivity index (χ3v) is 5.66. The smallest absolute Gasteiger partial charge is 0.407 e. The van der Waals surface area contributed by atoms with E-state index in [1.54, 1.807) is 7.11 Å². The fourth-order valence-electron chi connectivity index (χ4n) is 4.14. The van der Waals surface area contributed by atoms with Crippen molar-refractivity contribution in [2.75, 3.05) is 25.5 Å². The van der Waals surface area contributed by atoms with Gasteiger partial charge in [0.05, 0.1) is 7.11 Å². The zero-order chi connectivity index (χ0) is 21.3. The molecule has 1 aromatic heterocycles. The Morgan fingerprint density at radius 3 is 2.83 bits per heavy atom. The van der Waals surface area contributed by atoms with Gasteiger partial charge in [-0.05, 0) is 49.9 Å². The second-order valence-corrected chi connectivity index (χ2v) is 7.81. The number of hydrogen-bond donors (Lipinski definition) is 2. The van der Waals surface area contributed by atoms with Gasteiger partial charge in [-0.2, -0.15) is 0 Å². The molecule has 1 fully saturated rings. The molecular formula is C23H26N4O3. The summed E-state index contributed by atoms with van der Waals surface area (Å²) >= 11 is 0. The average molecular weight is 406 g/mol. The van der Waals surface area contributed by atoms with E-state index in [9.17, 15) is 9.90 Å². The molecule has 2 N–H and O–H groups in total. The van der Waals surface area contributed by atoms with Crippen molar-refractivity contribution < 1.29 is 14.6 Å². The minimum absolute atomic E-state index is 0.00622. The summed E-state index contributed by atoms with van der Waals surface area (Å²) < 4.78 is 5.60. The number of aryl methyl sites for hydroxylation is 2. The molecule has 1 atom stereocenters. The van der Waals surface area contributed by atoms with E-state index in [1.807, 2.05) is 37.3 Å². The average Bonchev–Trinajstić information content (AvgIpc) is 2.74. The van der Waals surface area contributed by atoms with Crippen LogP contribution in [0.3, 0.4) is 0 Å². The Kier molecular flexibility index (Phi) is 5.44. The van der Waals surface area contributed by atoms with E-state index < -0.39 is 6.09 Å². The van der Waals surface area contributed by atoms with Crippen molar-refractivity contribution in [3.63, 3.8) is 0 Å². The number of methoxy groups -OCH3 is 1. The molecule has 0 spiro atoms. The molecule has 7 nitrogen and oxygen atoms in total. The summed E-state index contributed by atoms with van der Waals surface area (Å²) in [6, 6.07) is 12.2. The first-order valence-corrected chi connectivity index (χ1v) is 10.1. The van der Waals surface area contributed by atoms with Crippen LogP contribution >= 0.6 is 0 Å². The second kappa shape index (κ2) is 8.18. The maximum absolute atomic E-state index is 11.4. The predicted octanol–water partition coefficient (Wildman–Crippen LogP) is 4.48. The molecule has 0 saturated carbocycles. The van der Waals surface area contributed by atoms with Gasteiger partial charge >= 0.3 is 6.09 Å². The highest BCUT2D eigenvalue weighted by Crippen LogP contribution is 2.37. The molecule has 156 valence electrons. The van der Waals surface area contributed by atoms with Crippen LogP contribution in [0.1, 0.15) is 24.0 Å². The van der Waals surface area contributed by atoms with Crippen LogP contribution in [0.15, 0.2) is 36.4 Å². The fourth-order valence-corrected chi connectivity index (χ4v) is 4.14. The van der Waals surface area contributed by atoms with Crippen molar-refractivity contribution in [3.05, 3.63) is 47.5 Å². The molecule has 1 unspecified atom stereocenters. The van der Waals surface area contributed by atoms with E-state index in [0.717, 1.165) is 51.7 Å². The molecule has 1 aliphatic rings. The largest absolute Gasteiger partial charge is 0.496 e. The van der Waals surface area contributed by atoms with E-state index in [1.165, 1.54) is 4.90 Å². The molecule has 1 aliphatic heterocycles. The van der Waals surface area contributed by atoms with E-state index in [0.29, 0.717) is 18.9 Å². The number of anilines is 1. The molecule has 30 heavy (non-hydrogen) atoms. The van der Waals surface area contributed by atoms with Gasteiger partial charge in [0.1, 0.15) is 11.4 Å². The van der Waals surface area contributed by atoms with Gasteiger partial charge in [0.15, 0.2) is 5.82 Å². The maximum atomic E-state index is 11.4. The molecule has 2 heterocycles. The van der Waals surface area contributed by atoms with Crippen LogP contribution in [0.4, 0.5) is 10.6 Å². The summed E-state index contributed by atoms with van der Waals surface area (Å²) in [6.45, 7) is 5.09. The number of nitrogens with one attached hydrogen (secondary N) is 1. The first kappa shape index (κ1) is 19.9. The monoisotopic (exact) mass is 406 g/mol. The number of hydrogen-bond acceptors (Lipinski definition) is 5. The molecule has 7 heteroatoms. The van der Waals surface area contributed by atoms with Crippen molar-refractivity contribution in [2.24, 2.45) is 0 Å². The standard InChI is InChI=1S/C23H26N4O3/c1-14-9-10-17(19(12-14)30-3)21-18-8-4-6-15(2)20(18)22(26-25-21)24-16-7-5-11-27(13-16)23(28)29/h4,6,8-10,12,16H,5,7,11,13H2,1-3H3,(H,24,26)(H,28,29).